The SMILES string of the molecule is Cc1ccsc1C[NH+](C)CC(=O)N1CCN(c2ccc(O)cc2)CC1. The van der Waals surface area contributed by atoms with Gasteiger partial charge in [0, 0.05) is 31.9 Å². The zero-order chi connectivity index (χ0) is 17.8. The third-order valence-electron chi connectivity index (χ3n) is 4.73. The van der Waals surface area contributed by atoms with Gasteiger partial charge in [-0.1, -0.05) is 0 Å². The van der Waals surface area contributed by atoms with Gasteiger partial charge >= 0.3 is 0 Å². The molecular weight excluding hydrogens is 334 g/mol. The molecule has 1 aromatic carbocycles. The van der Waals surface area contributed by atoms with Crippen LogP contribution in [0.4, 0.5) is 5.69 Å². The van der Waals surface area contributed by atoms with E-state index in [0.717, 1.165) is 38.4 Å². The third-order valence-corrected chi connectivity index (χ3v) is 5.75. The van der Waals surface area contributed by atoms with Crippen molar-refractivity contribution in [1.29, 1.82) is 0 Å². The van der Waals surface area contributed by atoms with Crippen LogP contribution in [0.3, 0.4) is 0 Å². The number of quaternary nitrogens is 1. The molecule has 1 fully saturated rings. The number of amides is 1. The Labute approximate surface area is 153 Å². The minimum atomic E-state index is 0.233. The highest BCUT2D eigenvalue weighted by Crippen LogP contribution is 2.19. The molecule has 0 aliphatic carbocycles. The molecule has 0 radical (unpaired) electrons. The van der Waals surface area contributed by atoms with Gasteiger partial charge in [-0.3, -0.25) is 4.79 Å². The molecule has 2 aromatic rings. The Balaban J connectivity index is 1.48. The summed E-state index contributed by atoms with van der Waals surface area (Å²) in [6.45, 7) is 6.75. The van der Waals surface area contributed by atoms with Crippen LogP contribution in [-0.2, 0) is 11.3 Å². The zero-order valence-corrected chi connectivity index (χ0v) is 15.7. The molecule has 0 spiro atoms. The molecule has 1 atom stereocenters. The van der Waals surface area contributed by atoms with E-state index < -0.39 is 0 Å². The maximum atomic E-state index is 12.6. The molecule has 3 rings (SSSR count). The molecule has 0 saturated carbocycles. The number of rotatable bonds is 5. The van der Waals surface area contributed by atoms with Crippen LogP contribution in [0.1, 0.15) is 10.4 Å². The van der Waals surface area contributed by atoms with Crippen molar-refractivity contribution in [3.8, 4) is 5.75 Å². The van der Waals surface area contributed by atoms with Crippen molar-refractivity contribution in [3.05, 3.63) is 46.2 Å². The standard InChI is InChI=1S/C19H25N3O2S/c1-15-7-12-25-18(15)13-20(2)14-19(24)22-10-8-21(9-11-22)16-3-5-17(23)6-4-16/h3-7,12,23H,8-11,13-14H2,1-2H3/p+1. The van der Waals surface area contributed by atoms with Crippen LogP contribution in [-0.4, -0.2) is 55.7 Å². The van der Waals surface area contributed by atoms with Crippen molar-refractivity contribution < 1.29 is 14.8 Å². The fourth-order valence-electron chi connectivity index (χ4n) is 3.17. The van der Waals surface area contributed by atoms with Gasteiger partial charge in [0.2, 0.25) is 0 Å². The van der Waals surface area contributed by atoms with Gasteiger partial charge in [0.25, 0.3) is 5.91 Å². The first-order valence-corrected chi connectivity index (χ1v) is 9.57. The van der Waals surface area contributed by atoms with E-state index in [9.17, 15) is 9.90 Å². The summed E-state index contributed by atoms with van der Waals surface area (Å²) in [6, 6.07) is 9.40. The van der Waals surface area contributed by atoms with Crippen LogP contribution in [0.25, 0.3) is 0 Å². The van der Waals surface area contributed by atoms with Gasteiger partial charge in [0.15, 0.2) is 6.54 Å². The van der Waals surface area contributed by atoms with E-state index in [2.05, 4.69) is 30.3 Å². The molecule has 1 aliphatic heterocycles. The minimum Gasteiger partial charge on any atom is -0.508 e. The van der Waals surface area contributed by atoms with Gasteiger partial charge in [-0.2, -0.15) is 0 Å². The Morgan fingerprint density at radius 2 is 1.84 bits per heavy atom. The van der Waals surface area contributed by atoms with Crippen LogP contribution in [0.2, 0.25) is 0 Å². The topological polar surface area (TPSA) is 48.2 Å². The van der Waals surface area contributed by atoms with Gasteiger partial charge in [-0.25, -0.2) is 0 Å². The van der Waals surface area contributed by atoms with E-state index in [0.29, 0.717) is 6.54 Å². The summed E-state index contributed by atoms with van der Waals surface area (Å²) in [4.78, 5) is 19.4. The molecule has 1 unspecified atom stereocenters. The highest BCUT2D eigenvalue weighted by atomic mass is 32.1. The fraction of sp³-hybridized carbons (Fsp3) is 0.421. The predicted octanol–water partition coefficient (Wildman–Crippen LogP) is 1.13. The van der Waals surface area contributed by atoms with Crippen LogP contribution < -0.4 is 9.80 Å². The lowest BCUT2D eigenvalue weighted by Crippen LogP contribution is -3.08. The molecular formula is C19H26N3O2S+. The summed E-state index contributed by atoms with van der Waals surface area (Å²) in [7, 11) is 2.09. The van der Waals surface area contributed by atoms with Gasteiger partial charge in [0.1, 0.15) is 12.3 Å². The quantitative estimate of drug-likeness (QED) is 0.840. The summed E-state index contributed by atoms with van der Waals surface area (Å²) in [5.74, 6) is 0.515. The first kappa shape index (κ1) is 17.8. The third kappa shape index (κ3) is 4.52. The number of anilines is 1. The number of aryl methyl sites for hydroxylation is 1. The lowest BCUT2D eigenvalue weighted by atomic mass is 10.2. The Morgan fingerprint density at radius 1 is 1.16 bits per heavy atom. The van der Waals surface area contributed by atoms with E-state index in [1.54, 1.807) is 23.5 Å². The molecule has 2 N–H and O–H groups in total. The molecule has 1 saturated heterocycles. The van der Waals surface area contributed by atoms with Crippen LogP contribution in [0.15, 0.2) is 35.7 Å². The van der Waals surface area contributed by atoms with Crippen LogP contribution in [0, 0.1) is 6.92 Å². The number of hydrogen-bond donors (Lipinski definition) is 2. The highest BCUT2D eigenvalue weighted by Gasteiger charge is 2.23. The first-order valence-electron chi connectivity index (χ1n) is 8.69. The Morgan fingerprint density at radius 3 is 2.44 bits per heavy atom. The highest BCUT2D eigenvalue weighted by molar-refractivity contribution is 7.10. The monoisotopic (exact) mass is 360 g/mol. The zero-order valence-electron chi connectivity index (χ0n) is 14.9. The molecule has 5 nitrogen and oxygen atoms in total. The van der Waals surface area contributed by atoms with Gasteiger partial charge in [-0.05, 0) is 48.2 Å². The fourth-order valence-corrected chi connectivity index (χ4v) is 4.19. The van der Waals surface area contributed by atoms with Crippen LogP contribution >= 0.6 is 11.3 Å². The lowest BCUT2D eigenvalue weighted by molar-refractivity contribution is -0.885. The summed E-state index contributed by atoms with van der Waals surface area (Å²) in [6.07, 6.45) is 0. The summed E-state index contributed by atoms with van der Waals surface area (Å²) >= 11 is 1.77. The second kappa shape index (κ2) is 7.89. The largest absolute Gasteiger partial charge is 0.508 e. The van der Waals surface area contributed by atoms with Crippen molar-refractivity contribution in [3.63, 3.8) is 0 Å². The molecule has 6 heteroatoms. The predicted molar refractivity (Wildman–Crippen MR) is 101 cm³/mol. The van der Waals surface area contributed by atoms with Gasteiger partial charge < -0.3 is 19.8 Å². The normalized spacial score (nSPS) is 16.1. The van der Waals surface area contributed by atoms with E-state index in [-0.39, 0.29) is 11.7 Å². The number of thiophene rings is 1. The number of nitrogens with zero attached hydrogens (tertiary/aromatic N) is 2. The van der Waals surface area contributed by atoms with Crippen molar-refractivity contribution in [1.82, 2.24) is 4.90 Å². The van der Waals surface area contributed by atoms with Crippen molar-refractivity contribution in [2.45, 2.75) is 13.5 Å². The number of phenols is 1. The van der Waals surface area contributed by atoms with E-state index >= 15 is 0 Å². The Hall–Kier alpha value is -2.05. The Kier molecular flexibility index (Phi) is 5.60. The van der Waals surface area contributed by atoms with Crippen molar-refractivity contribution in [2.24, 2.45) is 0 Å². The van der Waals surface area contributed by atoms with Crippen LogP contribution in [0.5, 0.6) is 5.75 Å². The number of nitrogens with one attached hydrogen (secondary N) is 1. The smallest absolute Gasteiger partial charge is 0.277 e. The molecule has 25 heavy (non-hydrogen) atoms. The summed E-state index contributed by atoms with van der Waals surface area (Å²) < 4.78 is 0. The molecule has 1 aromatic heterocycles. The van der Waals surface area contributed by atoms with Crippen molar-refractivity contribution in [2.75, 3.05) is 44.7 Å². The Bertz CT molecular complexity index is 706. The van der Waals surface area contributed by atoms with E-state index in [1.165, 1.54) is 15.3 Å². The number of phenolic OH excluding ortho intramolecular Hbond substituents is 1. The second-order valence-corrected chi connectivity index (χ2v) is 7.72. The number of benzene rings is 1. The molecule has 1 amide bonds. The average Bonchev–Trinajstić information content (AvgIpc) is 3.00. The minimum absolute atomic E-state index is 0.233. The average molecular weight is 361 g/mol. The summed E-state index contributed by atoms with van der Waals surface area (Å²) in [5, 5.41) is 11.5. The maximum Gasteiger partial charge on any atom is 0.277 e. The second-order valence-electron chi connectivity index (χ2n) is 6.72. The molecule has 1 aliphatic rings. The van der Waals surface area contributed by atoms with Crippen molar-refractivity contribution >= 4 is 22.9 Å². The molecule has 2 heterocycles. The number of likely N-dealkylation sites (N-methyl/N-ethyl adjacent to an activating group) is 1. The number of hydrogen-bond acceptors (Lipinski definition) is 4. The lowest BCUT2D eigenvalue weighted by Gasteiger charge is -2.36. The number of piperazine rings is 1. The maximum absolute atomic E-state index is 12.6. The first-order chi connectivity index (χ1) is 12.0. The number of aromatic hydroxyl groups is 1. The van der Waals surface area contributed by atoms with Gasteiger partial charge in [-0.15, -0.1) is 11.3 Å². The van der Waals surface area contributed by atoms with E-state index in [1.807, 2.05) is 17.0 Å². The summed E-state index contributed by atoms with van der Waals surface area (Å²) in [5.41, 5.74) is 2.42. The molecule has 0 bridgehead atoms. The molecule has 134 valence electrons. The van der Waals surface area contributed by atoms with Gasteiger partial charge in [0.05, 0.1) is 11.9 Å². The number of carbonyl (C=O) groups excluding carboxylic acids is 1. The number of carbonyl (C=O) groups is 1. The van der Waals surface area contributed by atoms with E-state index in [4.69, 9.17) is 0 Å².